The van der Waals surface area contributed by atoms with Gasteiger partial charge >= 0.3 is 0 Å². The average Bonchev–Trinajstić information content (AvgIpc) is 3.37. The smallest absolute Gasteiger partial charge is 0.235 e. The number of thiophene rings is 1. The van der Waals surface area contributed by atoms with Crippen LogP contribution in [0.15, 0.2) is 42.1 Å². The average molecular weight is 526 g/mol. The summed E-state index contributed by atoms with van der Waals surface area (Å²) >= 11 is 8.87. The van der Waals surface area contributed by atoms with Gasteiger partial charge in [0.2, 0.25) is 5.91 Å². The molecule has 1 atom stereocenters. The van der Waals surface area contributed by atoms with Crippen LogP contribution in [0.5, 0.6) is 0 Å². The van der Waals surface area contributed by atoms with E-state index in [1.54, 1.807) is 29.5 Å². The van der Waals surface area contributed by atoms with E-state index in [1.165, 1.54) is 16.6 Å². The van der Waals surface area contributed by atoms with Gasteiger partial charge in [0.05, 0.1) is 11.3 Å². The Kier molecular flexibility index (Phi) is 7.70. The maximum Gasteiger partial charge on any atom is 0.235 e. The molecule has 6 nitrogen and oxygen atoms in total. The SMILES string of the molecule is C=CCn1c(SCC(=O)Nc2sc3c(c2C#N)CC[C@H](C(C)(C)C)C3)nnc1-c1ccc(Cl)cc1. The molecule has 1 aromatic carbocycles. The standard InChI is InChI=1S/C26H28ClN5OS2/c1-5-12-32-23(16-6-9-18(27)10-7-16)30-31-25(32)34-15-22(33)29-24-20(14-28)19-11-8-17(26(2,3)4)13-21(19)35-24/h5-7,9-10,17H,1,8,11-13,15H2,2-4H3,(H,29,33)/t17-/m0/s1. The van der Waals surface area contributed by atoms with Crippen LogP contribution in [0.4, 0.5) is 5.00 Å². The summed E-state index contributed by atoms with van der Waals surface area (Å²) in [6.45, 7) is 11.2. The molecular formula is C26H28ClN5OS2. The fourth-order valence-electron chi connectivity index (χ4n) is 4.33. The lowest BCUT2D eigenvalue weighted by Crippen LogP contribution is -2.26. The number of hydrogen-bond acceptors (Lipinski definition) is 6. The normalized spacial score (nSPS) is 15.3. The highest BCUT2D eigenvalue weighted by molar-refractivity contribution is 7.99. The lowest BCUT2D eigenvalue weighted by atomic mass is 9.72. The molecule has 1 N–H and O–H groups in total. The maximum absolute atomic E-state index is 12.8. The molecule has 0 fully saturated rings. The van der Waals surface area contributed by atoms with Crippen molar-refractivity contribution >= 4 is 45.6 Å². The molecule has 0 saturated heterocycles. The van der Waals surface area contributed by atoms with Gasteiger partial charge in [-0.2, -0.15) is 5.26 Å². The van der Waals surface area contributed by atoms with Crippen LogP contribution >= 0.6 is 34.7 Å². The number of benzene rings is 1. The van der Waals surface area contributed by atoms with Crippen molar-refractivity contribution in [3.8, 4) is 17.5 Å². The first kappa shape index (κ1) is 25.5. The first-order chi connectivity index (χ1) is 16.7. The number of hydrogen-bond donors (Lipinski definition) is 1. The van der Waals surface area contributed by atoms with Crippen LogP contribution in [0.3, 0.4) is 0 Å². The number of nitrogens with one attached hydrogen (secondary N) is 1. The van der Waals surface area contributed by atoms with Gasteiger partial charge in [-0.1, -0.05) is 50.2 Å². The lowest BCUT2D eigenvalue weighted by Gasteiger charge is -2.33. The predicted molar refractivity (Wildman–Crippen MR) is 144 cm³/mol. The summed E-state index contributed by atoms with van der Waals surface area (Å²) < 4.78 is 1.92. The number of nitriles is 1. The number of thioether (sulfide) groups is 1. The zero-order chi connectivity index (χ0) is 25.2. The molecular weight excluding hydrogens is 498 g/mol. The first-order valence-electron chi connectivity index (χ1n) is 11.5. The Hall–Kier alpha value is -2.60. The van der Waals surface area contributed by atoms with Gasteiger partial charge in [-0.3, -0.25) is 9.36 Å². The third-order valence-corrected chi connectivity index (χ3v) is 8.71. The number of carbonyl (C=O) groups excluding carboxylic acids is 1. The van der Waals surface area contributed by atoms with Crippen molar-refractivity contribution in [3.63, 3.8) is 0 Å². The second-order valence-corrected chi connectivity index (χ2v) is 12.2. The van der Waals surface area contributed by atoms with Crippen LogP contribution in [0.25, 0.3) is 11.4 Å². The Balaban J connectivity index is 1.47. The number of halogens is 1. The Labute approximate surface area is 219 Å². The molecule has 9 heteroatoms. The molecule has 0 spiro atoms. The molecule has 0 unspecified atom stereocenters. The van der Waals surface area contributed by atoms with Crippen molar-refractivity contribution in [2.75, 3.05) is 11.1 Å². The van der Waals surface area contributed by atoms with Gasteiger partial charge in [0, 0.05) is 22.0 Å². The Morgan fingerprint density at radius 1 is 1.37 bits per heavy atom. The summed E-state index contributed by atoms with van der Waals surface area (Å²) in [4.78, 5) is 14.1. The monoisotopic (exact) mass is 525 g/mol. The van der Waals surface area contributed by atoms with Crippen molar-refractivity contribution in [3.05, 3.63) is 57.9 Å². The largest absolute Gasteiger partial charge is 0.316 e. The zero-order valence-electron chi connectivity index (χ0n) is 20.1. The molecule has 0 aliphatic heterocycles. The molecule has 0 saturated carbocycles. The van der Waals surface area contributed by atoms with E-state index in [1.807, 2.05) is 16.7 Å². The van der Waals surface area contributed by atoms with Gasteiger partial charge in [0.1, 0.15) is 11.1 Å². The zero-order valence-corrected chi connectivity index (χ0v) is 22.5. The van der Waals surface area contributed by atoms with E-state index in [0.717, 1.165) is 30.4 Å². The number of amides is 1. The van der Waals surface area contributed by atoms with Gasteiger partial charge in [0.15, 0.2) is 11.0 Å². The van der Waals surface area contributed by atoms with Crippen molar-refractivity contribution in [2.45, 2.75) is 51.7 Å². The molecule has 2 aromatic heterocycles. The fraction of sp³-hybridized carbons (Fsp3) is 0.385. The van der Waals surface area contributed by atoms with Crippen molar-refractivity contribution in [1.82, 2.24) is 14.8 Å². The van der Waals surface area contributed by atoms with Crippen LogP contribution in [0.2, 0.25) is 5.02 Å². The summed E-state index contributed by atoms with van der Waals surface area (Å²) in [7, 11) is 0. The number of aromatic nitrogens is 3. The second-order valence-electron chi connectivity index (χ2n) is 9.67. The van der Waals surface area contributed by atoms with Crippen LogP contribution in [-0.4, -0.2) is 26.4 Å². The van der Waals surface area contributed by atoms with Gasteiger partial charge in [-0.25, -0.2) is 0 Å². The minimum Gasteiger partial charge on any atom is -0.316 e. The lowest BCUT2D eigenvalue weighted by molar-refractivity contribution is -0.113. The number of allylic oxidation sites excluding steroid dienone is 1. The fourth-order valence-corrected chi connectivity index (χ4v) is 6.49. The molecule has 182 valence electrons. The van der Waals surface area contributed by atoms with Gasteiger partial charge in [0.25, 0.3) is 0 Å². The summed E-state index contributed by atoms with van der Waals surface area (Å²) in [5, 5.41) is 23.3. The Bertz CT molecular complexity index is 1280. The molecule has 0 bridgehead atoms. The highest BCUT2D eigenvalue weighted by Gasteiger charge is 2.32. The van der Waals surface area contributed by atoms with Crippen molar-refractivity contribution in [1.29, 1.82) is 5.26 Å². The van der Waals surface area contributed by atoms with E-state index in [-0.39, 0.29) is 17.1 Å². The molecule has 1 aliphatic rings. The van der Waals surface area contributed by atoms with Gasteiger partial charge < -0.3 is 5.32 Å². The Morgan fingerprint density at radius 3 is 2.77 bits per heavy atom. The van der Waals surface area contributed by atoms with Crippen LogP contribution in [0.1, 0.15) is 43.2 Å². The minimum atomic E-state index is -0.168. The number of carbonyl (C=O) groups is 1. The van der Waals surface area contributed by atoms with E-state index in [9.17, 15) is 10.1 Å². The third-order valence-electron chi connectivity index (χ3n) is 6.32. The predicted octanol–water partition coefficient (Wildman–Crippen LogP) is 6.60. The van der Waals surface area contributed by atoms with Gasteiger partial charge in [-0.05, 0) is 60.4 Å². The number of nitrogens with zero attached hydrogens (tertiary/aromatic N) is 4. The van der Waals surface area contributed by atoms with Crippen LogP contribution in [0, 0.1) is 22.7 Å². The van der Waals surface area contributed by atoms with Crippen molar-refractivity contribution < 1.29 is 4.79 Å². The number of anilines is 1. The van der Waals surface area contributed by atoms with E-state index in [0.29, 0.717) is 39.0 Å². The van der Waals surface area contributed by atoms with E-state index in [2.05, 4.69) is 48.9 Å². The maximum atomic E-state index is 12.8. The molecule has 4 rings (SSSR count). The number of rotatable bonds is 7. The second kappa shape index (κ2) is 10.6. The highest BCUT2D eigenvalue weighted by atomic mass is 35.5. The number of fused-ring (bicyclic) bond motifs is 1. The highest BCUT2D eigenvalue weighted by Crippen LogP contribution is 2.44. The molecule has 2 heterocycles. The van der Waals surface area contributed by atoms with Crippen LogP contribution < -0.4 is 5.32 Å². The summed E-state index contributed by atoms with van der Waals surface area (Å²) in [6, 6.07) is 9.72. The van der Waals surface area contributed by atoms with Crippen molar-refractivity contribution in [2.24, 2.45) is 11.3 Å². The van der Waals surface area contributed by atoms with E-state index >= 15 is 0 Å². The van der Waals surface area contributed by atoms with Crippen LogP contribution in [-0.2, 0) is 24.2 Å². The first-order valence-corrected chi connectivity index (χ1v) is 13.7. The van der Waals surface area contributed by atoms with E-state index < -0.39 is 0 Å². The molecule has 1 amide bonds. The quantitative estimate of drug-likeness (QED) is 0.277. The summed E-state index contributed by atoms with van der Waals surface area (Å²) in [5.74, 6) is 1.26. The Morgan fingerprint density at radius 2 is 2.11 bits per heavy atom. The summed E-state index contributed by atoms with van der Waals surface area (Å²) in [6.07, 6.45) is 4.69. The van der Waals surface area contributed by atoms with Gasteiger partial charge in [-0.15, -0.1) is 28.1 Å². The third kappa shape index (κ3) is 5.64. The molecule has 0 radical (unpaired) electrons. The molecule has 1 aliphatic carbocycles. The van der Waals surface area contributed by atoms with E-state index in [4.69, 9.17) is 11.6 Å². The molecule has 3 aromatic rings. The minimum absolute atomic E-state index is 0.161. The topological polar surface area (TPSA) is 83.6 Å². The molecule has 35 heavy (non-hydrogen) atoms. The summed E-state index contributed by atoms with van der Waals surface area (Å²) in [5.41, 5.74) is 2.84.